The molecule has 0 heteroatoms. The molecule has 0 rings (SSSR count). The zero-order valence-corrected chi connectivity index (χ0v) is 11.8. The monoisotopic (exact) mass is 212 g/mol. The van der Waals surface area contributed by atoms with Crippen molar-refractivity contribution in [3.8, 4) is 0 Å². The van der Waals surface area contributed by atoms with Gasteiger partial charge in [-0.15, -0.1) is 0 Å². The van der Waals surface area contributed by atoms with Crippen molar-refractivity contribution in [1.82, 2.24) is 0 Å². The zero-order chi connectivity index (χ0) is 11.8. The fourth-order valence-corrected chi connectivity index (χ4v) is 2.73. The molecule has 0 aromatic rings. The van der Waals surface area contributed by atoms with Crippen molar-refractivity contribution in [2.45, 2.75) is 73.6 Å². The summed E-state index contributed by atoms with van der Waals surface area (Å²) in [5, 5.41) is 0. The first-order valence-electron chi connectivity index (χ1n) is 7.06. The molecule has 0 aliphatic carbocycles. The summed E-state index contributed by atoms with van der Waals surface area (Å²) < 4.78 is 0. The molecule has 0 saturated heterocycles. The van der Waals surface area contributed by atoms with E-state index in [-0.39, 0.29) is 0 Å². The normalized spacial score (nSPS) is 17.8. The Kier molecular flexibility index (Phi) is 8.19. The predicted molar refractivity (Wildman–Crippen MR) is 71.1 cm³/mol. The lowest BCUT2D eigenvalue weighted by Gasteiger charge is -2.31. The van der Waals surface area contributed by atoms with Crippen LogP contribution in [0.15, 0.2) is 0 Å². The van der Waals surface area contributed by atoms with Crippen LogP contribution in [0.4, 0.5) is 0 Å². The molecule has 0 radical (unpaired) electrons. The molecular weight excluding hydrogens is 180 g/mol. The highest BCUT2D eigenvalue weighted by molar-refractivity contribution is 4.74. The Balaban J connectivity index is 4.33. The van der Waals surface area contributed by atoms with Gasteiger partial charge in [0, 0.05) is 0 Å². The number of rotatable bonds is 8. The van der Waals surface area contributed by atoms with Crippen LogP contribution in [0.3, 0.4) is 0 Å². The van der Waals surface area contributed by atoms with E-state index in [1.807, 2.05) is 0 Å². The Hall–Kier alpha value is 0. The van der Waals surface area contributed by atoms with Gasteiger partial charge >= 0.3 is 0 Å². The Morgan fingerprint density at radius 2 is 1.47 bits per heavy atom. The van der Waals surface area contributed by atoms with Gasteiger partial charge in [-0.25, -0.2) is 0 Å². The van der Waals surface area contributed by atoms with E-state index in [0.29, 0.717) is 0 Å². The average molecular weight is 212 g/mol. The molecule has 3 atom stereocenters. The topological polar surface area (TPSA) is 0 Å². The van der Waals surface area contributed by atoms with Crippen molar-refractivity contribution >= 4 is 0 Å². The molecule has 0 heterocycles. The second-order valence-electron chi connectivity index (χ2n) is 5.61. The molecule has 15 heavy (non-hydrogen) atoms. The zero-order valence-electron chi connectivity index (χ0n) is 11.8. The van der Waals surface area contributed by atoms with Gasteiger partial charge in [-0.05, 0) is 30.1 Å². The molecule has 3 unspecified atom stereocenters. The van der Waals surface area contributed by atoms with Crippen LogP contribution < -0.4 is 0 Å². The second kappa shape index (κ2) is 8.19. The van der Waals surface area contributed by atoms with Gasteiger partial charge in [0.1, 0.15) is 0 Å². The van der Waals surface area contributed by atoms with Crippen molar-refractivity contribution < 1.29 is 0 Å². The molecule has 0 bridgehead atoms. The summed E-state index contributed by atoms with van der Waals surface area (Å²) in [5.74, 6) is 3.67. The van der Waals surface area contributed by atoms with Gasteiger partial charge in [-0.1, -0.05) is 67.2 Å². The van der Waals surface area contributed by atoms with Crippen molar-refractivity contribution in [3.05, 3.63) is 0 Å². The lowest BCUT2D eigenvalue weighted by atomic mass is 9.74. The van der Waals surface area contributed by atoms with Gasteiger partial charge in [0.25, 0.3) is 0 Å². The molecule has 0 spiro atoms. The third-order valence-corrected chi connectivity index (χ3v) is 4.02. The van der Waals surface area contributed by atoms with Crippen LogP contribution >= 0.6 is 0 Å². The summed E-state index contributed by atoms with van der Waals surface area (Å²) in [6.45, 7) is 14.2. The summed E-state index contributed by atoms with van der Waals surface area (Å²) in [4.78, 5) is 0. The van der Waals surface area contributed by atoms with Crippen LogP contribution in [0.5, 0.6) is 0 Å². The van der Waals surface area contributed by atoms with Crippen molar-refractivity contribution in [3.63, 3.8) is 0 Å². The quantitative estimate of drug-likeness (QED) is 0.497. The van der Waals surface area contributed by atoms with Crippen LogP contribution in [0.1, 0.15) is 73.6 Å². The predicted octanol–water partition coefficient (Wildman–Crippen LogP) is 5.52. The maximum absolute atomic E-state index is 2.41. The number of hydrogen-bond donors (Lipinski definition) is 0. The van der Waals surface area contributed by atoms with E-state index in [1.54, 1.807) is 0 Å². The fourth-order valence-electron chi connectivity index (χ4n) is 2.73. The summed E-state index contributed by atoms with van der Waals surface area (Å²) in [6, 6.07) is 0. The van der Waals surface area contributed by atoms with Crippen LogP contribution in [0.25, 0.3) is 0 Å². The van der Waals surface area contributed by atoms with Gasteiger partial charge in [0.05, 0.1) is 0 Å². The first-order chi connectivity index (χ1) is 7.06. The Bertz CT molecular complexity index is 137. The van der Waals surface area contributed by atoms with E-state index in [9.17, 15) is 0 Å². The maximum atomic E-state index is 2.41. The lowest BCUT2D eigenvalue weighted by Crippen LogP contribution is -2.22. The highest BCUT2D eigenvalue weighted by atomic mass is 14.3. The van der Waals surface area contributed by atoms with Gasteiger partial charge < -0.3 is 0 Å². The van der Waals surface area contributed by atoms with Gasteiger partial charge in [-0.3, -0.25) is 0 Å². The largest absolute Gasteiger partial charge is 0.0654 e. The molecule has 0 aromatic carbocycles. The fraction of sp³-hybridized carbons (Fsp3) is 1.00. The Morgan fingerprint density at radius 3 is 1.80 bits per heavy atom. The van der Waals surface area contributed by atoms with E-state index in [1.165, 1.54) is 32.1 Å². The second-order valence-corrected chi connectivity index (χ2v) is 5.61. The van der Waals surface area contributed by atoms with E-state index < -0.39 is 0 Å². The van der Waals surface area contributed by atoms with Crippen molar-refractivity contribution in [2.75, 3.05) is 0 Å². The maximum Gasteiger partial charge on any atom is -0.0360 e. The van der Waals surface area contributed by atoms with E-state index in [0.717, 1.165) is 23.7 Å². The van der Waals surface area contributed by atoms with Crippen molar-refractivity contribution in [1.29, 1.82) is 0 Å². The highest BCUT2D eigenvalue weighted by Crippen LogP contribution is 2.33. The molecule has 0 nitrogen and oxygen atoms in total. The SMILES string of the molecule is CCCC(CC)C(CC(C)CC)C(C)C. The summed E-state index contributed by atoms with van der Waals surface area (Å²) in [6.07, 6.45) is 6.92. The van der Waals surface area contributed by atoms with E-state index >= 15 is 0 Å². The first kappa shape index (κ1) is 15.0. The minimum Gasteiger partial charge on any atom is -0.0654 e. The van der Waals surface area contributed by atoms with Crippen LogP contribution in [-0.4, -0.2) is 0 Å². The molecule has 0 saturated carbocycles. The van der Waals surface area contributed by atoms with E-state index in [2.05, 4.69) is 41.5 Å². The molecular formula is C15H32. The van der Waals surface area contributed by atoms with Gasteiger partial charge in [-0.2, -0.15) is 0 Å². The molecule has 0 aliphatic rings. The molecule has 0 fully saturated rings. The molecule has 0 aromatic heterocycles. The standard InChI is InChI=1S/C15H32/c1-7-10-14(9-3)15(12(4)5)11-13(6)8-2/h12-15H,7-11H2,1-6H3. The van der Waals surface area contributed by atoms with Crippen LogP contribution in [-0.2, 0) is 0 Å². The third-order valence-electron chi connectivity index (χ3n) is 4.02. The van der Waals surface area contributed by atoms with E-state index in [4.69, 9.17) is 0 Å². The van der Waals surface area contributed by atoms with Crippen LogP contribution in [0, 0.1) is 23.7 Å². The molecule has 92 valence electrons. The minimum absolute atomic E-state index is 0.857. The third kappa shape index (κ3) is 5.58. The van der Waals surface area contributed by atoms with Crippen LogP contribution in [0.2, 0.25) is 0 Å². The highest BCUT2D eigenvalue weighted by Gasteiger charge is 2.23. The number of hydrogen-bond acceptors (Lipinski definition) is 0. The smallest absolute Gasteiger partial charge is 0.0360 e. The summed E-state index contributed by atoms with van der Waals surface area (Å²) in [7, 11) is 0. The summed E-state index contributed by atoms with van der Waals surface area (Å²) >= 11 is 0. The Morgan fingerprint density at radius 1 is 0.867 bits per heavy atom. The Labute approximate surface area is 97.8 Å². The molecule has 0 aliphatic heterocycles. The first-order valence-corrected chi connectivity index (χ1v) is 7.06. The lowest BCUT2D eigenvalue weighted by molar-refractivity contribution is 0.190. The molecule has 0 N–H and O–H groups in total. The summed E-state index contributed by atoms with van der Waals surface area (Å²) in [5.41, 5.74) is 0. The van der Waals surface area contributed by atoms with Gasteiger partial charge in [0.15, 0.2) is 0 Å². The van der Waals surface area contributed by atoms with Crippen molar-refractivity contribution in [2.24, 2.45) is 23.7 Å². The van der Waals surface area contributed by atoms with Gasteiger partial charge in [0.2, 0.25) is 0 Å². The molecule has 0 amide bonds. The minimum atomic E-state index is 0.857. The average Bonchev–Trinajstić information content (AvgIpc) is 2.22.